The van der Waals surface area contributed by atoms with E-state index in [9.17, 15) is 8.42 Å². The second-order valence-corrected chi connectivity index (χ2v) is 5.00. The maximum absolute atomic E-state index is 11.9. The van der Waals surface area contributed by atoms with Gasteiger partial charge in [0.05, 0.1) is 13.2 Å². The molecule has 0 atom stereocenters. The maximum atomic E-state index is 11.9. The summed E-state index contributed by atoms with van der Waals surface area (Å²) in [5.74, 6) is 0.328. The van der Waals surface area contributed by atoms with Gasteiger partial charge in [-0.1, -0.05) is 6.07 Å². The summed E-state index contributed by atoms with van der Waals surface area (Å²) in [6.45, 7) is 1.62. The van der Waals surface area contributed by atoms with Gasteiger partial charge >= 0.3 is 10.2 Å². The predicted molar refractivity (Wildman–Crippen MR) is 59.2 cm³/mol. The van der Waals surface area contributed by atoms with Crippen molar-refractivity contribution in [2.45, 2.75) is 0 Å². The van der Waals surface area contributed by atoms with Crippen LogP contribution in [0.5, 0.6) is 0 Å². The van der Waals surface area contributed by atoms with Gasteiger partial charge in [0.2, 0.25) is 0 Å². The minimum Gasteiger partial charge on any atom is -0.379 e. The Kier molecular flexibility index (Phi) is 3.37. The van der Waals surface area contributed by atoms with Crippen molar-refractivity contribution in [1.82, 2.24) is 9.29 Å². The monoisotopic (exact) mass is 243 g/mol. The molecule has 1 aromatic rings. The lowest BCUT2D eigenvalue weighted by atomic mass is 10.5. The van der Waals surface area contributed by atoms with E-state index in [0.717, 1.165) is 0 Å². The van der Waals surface area contributed by atoms with Crippen LogP contribution in [0, 0.1) is 0 Å². The minimum absolute atomic E-state index is 0.328. The van der Waals surface area contributed by atoms with E-state index in [1.807, 2.05) is 0 Å². The van der Waals surface area contributed by atoms with Gasteiger partial charge in [-0.2, -0.15) is 12.7 Å². The zero-order valence-corrected chi connectivity index (χ0v) is 9.48. The van der Waals surface area contributed by atoms with Crippen molar-refractivity contribution in [2.24, 2.45) is 0 Å². The highest BCUT2D eigenvalue weighted by atomic mass is 32.2. The van der Waals surface area contributed by atoms with Crippen LogP contribution < -0.4 is 4.72 Å². The highest BCUT2D eigenvalue weighted by Gasteiger charge is 2.24. The van der Waals surface area contributed by atoms with Crippen LogP contribution in [0.2, 0.25) is 0 Å². The molecular formula is C9H13N3O3S. The third-order valence-electron chi connectivity index (χ3n) is 2.21. The number of aromatic nitrogens is 1. The molecule has 1 fully saturated rings. The Balaban J connectivity index is 2.08. The van der Waals surface area contributed by atoms with Crippen molar-refractivity contribution in [3.05, 3.63) is 24.4 Å². The highest BCUT2D eigenvalue weighted by molar-refractivity contribution is 7.90. The molecule has 16 heavy (non-hydrogen) atoms. The van der Waals surface area contributed by atoms with E-state index in [4.69, 9.17) is 4.74 Å². The second kappa shape index (κ2) is 4.77. The molecule has 1 saturated heterocycles. The SMILES string of the molecule is O=S(=O)(Nc1ccccn1)N1CCOCC1. The summed E-state index contributed by atoms with van der Waals surface area (Å²) in [5, 5.41) is 0. The number of hydrogen-bond donors (Lipinski definition) is 1. The maximum Gasteiger partial charge on any atom is 0.302 e. The molecule has 2 rings (SSSR count). The van der Waals surface area contributed by atoms with E-state index in [1.54, 1.807) is 18.2 Å². The first-order chi connectivity index (χ1) is 7.68. The number of morpholine rings is 1. The summed E-state index contributed by atoms with van der Waals surface area (Å²) in [4.78, 5) is 3.91. The summed E-state index contributed by atoms with van der Waals surface area (Å²) in [7, 11) is -3.50. The van der Waals surface area contributed by atoms with Gasteiger partial charge in [-0.15, -0.1) is 0 Å². The van der Waals surface area contributed by atoms with Gasteiger partial charge in [0.1, 0.15) is 5.82 Å². The second-order valence-electron chi connectivity index (χ2n) is 3.33. The number of rotatable bonds is 3. The van der Waals surface area contributed by atoms with Crippen LogP contribution in [-0.2, 0) is 14.9 Å². The fourth-order valence-electron chi connectivity index (χ4n) is 1.41. The fraction of sp³-hybridized carbons (Fsp3) is 0.444. The smallest absolute Gasteiger partial charge is 0.302 e. The Morgan fingerprint density at radius 2 is 2.06 bits per heavy atom. The van der Waals surface area contributed by atoms with Crippen molar-refractivity contribution in [3.63, 3.8) is 0 Å². The van der Waals surface area contributed by atoms with Crippen LogP contribution in [0.3, 0.4) is 0 Å². The van der Waals surface area contributed by atoms with Gasteiger partial charge in [0.15, 0.2) is 0 Å². The first-order valence-corrected chi connectivity index (χ1v) is 6.39. The van der Waals surface area contributed by atoms with Crippen LogP contribution in [-0.4, -0.2) is 44.0 Å². The first kappa shape index (κ1) is 11.3. The lowest BCUT2D eigenvalue weighted by molar-refractivity contribution is 0.0733. The summed E-state index contributed by atoms with van der Waals surface area (Å²) < 4.78 is 32.6. The van der Waals surface area contributed by atoms with Crippen LogP contribution in [0.4, 0.5) is 5.82 Å². The molecule has 1 aliphatic heterocycles. The molecule has 88 valence electrons. The lowest BCUT2D eigenvalue weighted by Gasteiger charge is -2.25. The molecule has 2 heterocycles. The third-order valence-corrected chi connectivity index (χ3v) is 3.72. The zero-order chi connectivity index (χ0) is 11.4. The topological polar surface area (TPSA) is 71.5 Å². The average Bonchev–Trinajstić information content (AvgIpc) is 2.31. The summed E-state index contributed by atoms with van der Waals surface area (Å²) in [6, 6.07) is 5.06. The van der Waals surface area contributed by atoms with Crippen molar-refractivity contribution in [1.29, 1.82) is 0 Å². The molecule has 7 heteroatoms. The number of nitrogens with zero attached hydrogens (tertiary/aromatic N) is 2. The van der Waals surface area contributed by atoms with E-state index < -0.39 is 10.2 Å². The Hall–Kier alpha value is -1.18. The Labute approximate surface area is 94.4 Å². The molecule has 6 nitrogen and oxygen atoms in total. The van der Waals surface area contributed by atoms with E-state index in [1.165, 1.54) is 10.5 Å². The van der Waals surface area contributed by atoms with E-state index >= 15 is 0 Å². The molecule has 0 radical (unpaired) electrons. The van der Waals surface area contributed by atoms with Gasteiger partial charge in [-0.3, -0.25) is 4.72 Å². The van der Waals surface area contributed by atoms with Gasteiger partial charge < -0.3 is 4.74 Å². The Morgan fingerprint density at radius 3 is 2.69 bits per heavy atom. The molecule has 0 saturated carbocycles. The molecule has 0 unspecified atom stereocenters. The number of anilines is 1. The van der Waals surface area contributed by atoms with Crippen molar-refractivity contribution < 1.29 is 13.2 Å². The quantitative estimate of drug-likeness (QED) is 0.815. The molecule has 0 aromatic carbocycles. The van der Waals surface area contributed by atoms with Crippen LogP contribution in [0.25, 0.3) is 0 Å². The zero-order valence-electron chi connectivity index (χ0n) is 8.67. The highest BCUT2D eigenvalue weighted by Crippen LogP contribution is 2.09. The molecule has 0 bridgehead atoms. The number of hydrogen-bond acceptors (Lipinski definition) is 4. The summed E-state index contributed by atoms with van der Waals surface area (Å²) in [6.07, 6.45) is 1.54. The van der Waals surface area contributed by atoms with E-state index in [-0.39, 0.29) is 0 Å². The average molecular weight is 243 g/mol. The van der Waals surface area contributed by atoms with Gasteiger partial charge in [0, 0.05) is 19.3 Å². The van der Waals surface area contributed by atoms with Crippen LogP contribution >= 0.6 is 0 Å². The molecule has 0 spiro atoms. The number of ether oxygens (including phenoxy) is 1. The van der Waals surface area contributed by atoms with E-state index in [0.29, 0.717) is 32.1 Å². The van der Waals surface area contributed by atoms with Crippen LogP contribution in [0.1, 0.15) is 0 Å². The molecule has 1 N–H and O–H groups in total. The summed E-state index contributed by atoms with van der Waals surface area (Å²) >= 11 is 0. The third kappa shape index (κ3) is 2.69. The predicted octanol–water partition coefficient (Wildman–Crippen LogP) is 0.0705. The minimum atomic E-state index is -3.50. The lowest BCUT2D eigenvalue weighted by Crippen LogP contribution is -2.43. The molecule has 0 amide bonds. The fourth-order valence-corrected chi connectivity index (χ4v) is 2.55. The molecule has 0 aliphatic carbocycles. The van der Waals surface area contributed by atoms with Gasteiger partial charge in [-0.05, 0) is 12.1 Å². The van der Waals surface area contributed by atoms with E-state index in [2.05, 4.69) is 9.71 Å². The van der Waals surface area contributed by atoms with Crippen molar-refractivity contribution in [2.75, 3.05) is 31.0 Å². The Morgan fingerprint density at radius 1 is 1.31 bits per heavy atom. The largest absolute Gasteiger partial charge is 0.379 e. The summed E-state index contributed by atoms with van der Waals surface area (Å²) in [5.41, 5.74) is 0. The Bertz CT molecular complexity index is 429. The van der Waals surface area contributed by atoms with Crippen molar-refractivity contribution >= 4 is 16.0 Å². The standard InChI is InChI=1S/C9H13N3O3S/c13-16(14,12-5-7-15-8-6-12)11-9-3-1-2-4-10-9/h1-4H,5-8H2,(H,10,11). The van der Waals surface area contributed by atoms with Crippen molar-refractivity contribution in [3.8, 4) is 0 Å². The first-order valence-electron chi connectivity index (χ1n) is 4.95. The normalized spacial score (nSPS) is 18.2. The molecular weight excluding hydrogens is 230 g/mol. The van der Waals surface area contributed by atoms with Crippen LogP contribution in [0.15, 0.2) is 24.4 Å². The number of nitrogens with one attached hydrogen (secondary N) is 1. The molecule has 1 aromatic heterocycles. The van der Waals surface area contributed by atoms with Gasteiger partial charge in [0.25, 0.3) is 0 Å². The molecule has 1 aliphatic rings. The van der Waals surface area contributed by atoms with Gasteiger partial charge in [-0.25, -0.2) is 4.98 Å². The number of pyridine rings is 1.